The Balaban J connectivity index is -0.000000187. The molecule has 128 valence electrons. The van der Waals surface area contributed by atoms with Gasteiger partial charge in [-0.05, 0) is 13.5 Å². The summed E-state index contributed by atoms with van der Waals surface area (Å²) in [5.41, 5.74) is 0. The summed E-state index contributed by atoms with van der Waals surface area (Å²) in [6, 6.07) is 0. The van der Waals surface area contributed by atoms with Crippen molar-refractivity contribution in [1.82, 2.24) is 5.32 Å². The van der Waals surface area contributed by atoms with Crippen molar-refractivity contribution in [3.8, 4) is 0 Å². The Hall–Kier alpha value is -0.160. The van der Waals surface area contributed by atoms with Gasteiger partial charge in [0, 0.05) is 13.2 Å². The van der Waals surface area contributed by atoms with E-state index in [0.29, 0.717) is 26.4 Å². The fraction of sp³-hybridized carbons (Fsp3) is 1.00. The average Bonchev–Trinajstić information content (AvgIpc) is 2.55. The predicted molar refractivity (Wildman–Crippen MR) is 90.7 cm³/mol. The van der Waals surface area contributed by atoms with Crippen molar-refractivity contribution in [2.24, 2.45) is 0 Å². The molecule has 0 aromatic carbocycles. The van der Waals surface area contributed by atoms with E-state index < -0.39 is 0 Å². The summed E-state index contributed by atoms with van der Waals surface area (Å²) in [7, 11) is 1.91. The van der Waals surface area contributed by atoms with Gasteiger partial charge in [-0.3, -0.25) is 0 Å². The molecule has 0 bridgehead atoms. The molecule has 0 aromatic heterocycles. The first kappa shape index (κ1) is 28.1. The van der Waals surface area contributed by atoms with Crippen LogP contribution in [0.25, 0.3) is 0 Å². The molecule has 0 unspecified atom stereocenters. The lowest BCUT2D eigenvalue weighted by Crippen LogP contribution is -2.16. The Bertz CT molecular complexity index is 91.7. The third-order valence-electron chi connectivity index (χ3n) is 1.59. The molecular formula is C16H41NO3. The summed E-state index contributed by atoms with van der Waals surface area (Å²) in [5, 5.41) is 3.01. The molecule has 0 fully saturated rings. The second kappa shape index (κ2) is 42.8. The van der Waals surface area contributed by atoms with Gasteiger partial charge < -0.3 is 19.5 Å². The van der Waals surface area contributed by atoms with Crippen LogP contribution in [0.3, 0.4) is 0 Å². The number of likely N-dealkylation sites (N-methyl/N-ethyl adjacent to an activating group) is 1. The van der Waals surface area contributed by atoms with Crippen LogP contribution in [-0.4, -0.2) is 53.2 Å². The van der Waals surface area contributed by atoms with Crippen LogP contribution in [0, 0.1) is 0 Å². The lowest BCUT2D eigenvalue weighted by Gasteiger charge is -2.05. The highest BCUT2D eigenvalue weighted by atomic mass is 16.5. The third-order valence-corrected chi connectivity index (χ3v) is 1.59. The molecule has 0 aliphatic rings. The average molecular weight is 296 g/mol. The van der Waals surface area contributed by atoms with E-state index in [4.69, 9.17) is 14.2 Å². The maximum atomic E-state index is 5.29. The van der Waals surface area contributed by atoms with Gasteiger partial charge in [0.05, 0.1) is 33.0 Å². The summed E-state index contributed by atoms with van der Waals surface area (Å²) in [6.45, 7) is 19.2. The second-order valence-electron chi connectivity index (χ2n) is 2.94. The summed E-state index contributed by atoms with van der Waals surface area (Å²) in [6.07, 6.45) is 1.06. The van der Waals surface area contributed by atoms with E-state index in [1.54, 1.807) is 0 Å². The molecule has 0 heterocycles. The van der Waals surface area contributed by atoms with Gasteiger partial charge in [0.1, 0.15) is 0 Å². The second-order valence-corrected chi connectivity index (χ2v) is 2.94. The third kappa shape index (κ3) is 43.1. The summed E-state index contributed by atoms with van der Waals surface area (Å²) < 4.78 is 15.8. The Morgan fingerprint density at radius 2 is 0.950 bits per heavy atom. The van der Waals surface area contributed by atoms with Crippen molar-refractivity contribution in [2.75, 3.05) is 53.2 Å². The Kier molecular flexibility index (Phi) is 60.0. The number of nitrogens with one attached hydrogen (secondary N) is 1. The van der Waals surface area contributed by atoms with Crippen LogP contribution in [0.2, 0.25) is 0 Å². The first-order valence-electron chi connectivity index (χ1n) is 8.29. The zero-order valence-electron chi connectivity index (χ0n) is 15.4. The van der Waals surface area contributed by atoms with Crippen LogP contribution in [-0.2, 0) is 14.2 Å². The van der Waals surface area contributed by atoms with E-state index in [2.05, 4.69) is 12.2 Å². The molecule has 0 amide bonds. The smallest absolute Gasteiger partial charge is 0.0701 e. The molecule has 0 rings (SSSR count). The van der Waals surface area contributed by atoms with Crippen LogP contribution in [0.4, 0.5) is 0 Å². The van der Waals surface area contributed by atoms with Crippen molar-refractivity contribution in [2.45, 2.75) is 54.9 Å². The van der Waals surface area contributed by atoms with E-state index in [0.717, 1.165) is 26.2 Å². The minimum absolute atomic E-state index is 0.652. The van der Waals surface area contributed by atoms with Gasteiger partial charge >= 0.3 is 0 Å². The molecule has 1 N–H and O–H groups in total. The highest BCUT2D eigenvalue weighted by molar-refractivity contribution is 4.36. The van der Waals surface area contributed by atoms with Crippen molar-refractivity contribution >= 4 is 0 Å². The lowest BCUT2D eigenvalue weighted by molar-refractivity contribution is 0.0154. The first-order chi connectivity index (χ1) is 9.91. The lowest BCUT2D eigenvalue weighted by atomic mass is 10.5. The van der Waals surface area contributed by atoms with Crippen LogP contribution < -0.4 is 5.32 Å². The number of hydrogen-bond donors (Lipinski definition) is 1. The summed E-state index contributed by atoms with van der Waals surface area (Å²) in [4.78, 5) is 0. The summed E-state index contributed by atoms with van der Waals surface area (Å²) in [5.74, 6) is 0. The van der Waals surface area contributed by atoms with E-state index in [9.17, 15) is 0 Å². The first-order valence-corrected chi connectivity index (χ1v) is 8.29. The number of rotatable bonds is 11. The normalized spacial score (nSPS) is 8.40. The molecule has 20 heavy (non-hydrogen) atoms. The molecule has 0 aromatic rings. The van der Waals surface area contributed by atoms with Crippen molar-refractivity contribution in [1.29, 1.82) is 0 Å². The number of hydrogen-bond acceptors (Lipinski definition) is 4. The zero-order valence-corrected chi connectivity index (χ0v) is 15.4. The van der Waals surface area contributed by atoms with Gasteiger partial charge in [-0.25, -0.2) is 0 Å². The van der Waals surface area contributed by atoms with E-state index in [1.807, 2.05) is 48.6 Å². The van der Waals surface area contributed by atoms with Gasteiger partial charge in [0.15, 0.2) is 0 Å². The van der Waals surface area contributed by atoms with Crippen molar-refractivity contribution < 1.29 is 14.2 Å². The highest BCUT2D eigenvalue weighted by Gasteiger charge is 1.90. The molecule has 0 saturated carbocycles. The van der Waals surface area contributed by atoms with Crippen LogP contribution in [0.5, 0.6) is 0 Å². The fourth-order valence-corrected chi connectivity index (χ4v) is 0.860. The Morgan fingerprint density at radius 3 is 1.30 bits per heavy atom. The predicted octanol–water partition coefficient (Wildman–Crippen LogP) is 3.74. The zero-order chi connectivity index (χ0) is 16.5. The molecule has 0 aliphatic carbocycles. The minimum atomic E-state index is 0.652. The van der Waals surface area contributed by atoms with E-state index in [-0.39, 0.29) is 0 Å². The topological polar surface area (TPSA) is 39.7 Å². The minimum Gasteiger partial charge on any atom is -0.379 e. The maximum Gasteiger partial charge on any atom is 0.0701 e. The maximum absolute atomic E-state index is 5.29. The molecule has 0 spiro atoms. The number of ether oxygens (including phenoxy) is 3. The SMILES string of the molecule is CC.CC.CC.CCCOCCOCCOCCNC. The van der Waals surface area contributed by atoms with Gasteiger partial charge in [0.25, 0.3) is 0 Å². The molecular weight excluding hydrogens is 254 g/mol. The highest BCUT2D eigenvalue weighted by Crippen LogP contribution is 1.82. The Morgan fingerprint density at radius 1 is 0.600 bits per heavy atom. The molecule has 4 nitrogen and oxygen atoms in total. The van der Waals surface area contributed by atoms with Gasteiger partial charge in [0.2, 0.25) is 0 Å². The van der Waals surface area contributed by atoms with Gasteiger partial charge in [-0.2, -0.15) is 0 Å². The van der Waals surface area contributed by atoms with Crippen LogP contribution >= 0.6 is 0 Å². The van der Waals surface area contributed by atoms with Crippen LogP contribution in [0.15, 0.2) is 0 Å². The summed E-state index contributed by atoms with van der Waals surface area (Å²) >= 11 is 0. The van der Waals surface area contributed by atoms with Gasteiger partial charge in [-0.15, -0.1) is 0 Å². The molecule has 0 atom stereocenters. The van der Waals surface area contributed by atoms with Crippen LogP contribution in [0.1, 0.15) is 54.9 Å². The molecule has 4 heteroatoms. The van der Waals surface area contributed by atoms with Gasteiger partial charge in [-0.1, -0.05) is 48.5 Å². The largest absolute Gasteiger partial charge is 0.379 e. The molecule has 0 aliphatic heterocycles. The quantitative estimate of drug-likeness (QED) is 0.589. The standard InChI is InChI=1S/C10H23NO3.3C2H6/c1-3-5-12-7-9-14-10-8-13-6-4-11-2;3*1-2/h11H,3-10H2,1-2H3;3*1-2H3. The fourth-order valence-electron chi connectivity index (χ4n) is 0.860. The Labute approximate surface area is 128 Å². The van der Waals surface area contributed by atoms with E-state index >= 15 is 0 Å². The van der Waals surface area contributed by atoms with Crippen molar-refractivity contribution in [3.05, 3.63) is 0 Å². The van der Waals surface area contributed by atoms with E-state index in [1.165, 1.54) is 0 Å². The molecule has 0 saturated heterocycles. The molecule has 0 radical (unpaired) electrons. The monoisotopic (exact) mass is 295 g/mol. The van der Waals surface area contributed by atoms with Crippen molar-refractivity contribution in [3.63, 3.8) is 0 Å².